The minimum Gasteiger partial charge on any atom is -0.297 e. The number of rotatable bonds is 4. The van der Waals surface area contributed by atoms with E-state index in [2.05, 4.69) is 5.10 Å². The second-order valence-corrected chi connectivity index (χ2v) is 4.90. The molecule has 0 spiro atoms. The molecule has 0 amide bonds. The molecule has 4 nitrogen and oxygen atoms in total. The molecule has 0 bridgehead atoms. The Morgan fingerprint density at radius 3 is 2.52 bits per heavy atom. The van der Waals surface area contributed by atoms with E-state index in [0.29, 0.717) is 11.8 Å². The Morgan fingerprint density at radius 1 is 1.00 bits per heavy atom. The third-order valence-electron chi connectivity index (χ3n) is 3.33. The maximum Gasteiger partial charge on any atom is 0.275 e. The fourth-order valence-electron chi connectivity index (χ4n) is 2.29. The number of carbonyl (C=O) groups is 1. The van der Waals surface area contributed by atoms with Crippen LogP contribution in [0.2, 0.25) is 0 Å². The number of Topliss-reactive ketones (excluding diaryl/α,β-unsaturated/α-hetero) is 1. The highest BCUT2D eigenvalue weighted by Crippen LogP contribution is 2.06. The molecule has 0 saturated heterocycles. The zero-order valence-corrected chi connectivity index (χ0v) is 11.4. The van der Waals surface area contributed by atoms with Crippen LogP contribution in [0, 0.1) is 0 Å². The van der Waals surface area contributed by atoms with Gasteiger partial charge in [0.15, 0.2) is 5.78 Å². The molecule has 0 aliphatic heterocycles. The Hall–Kier alpha value is -2.75. The van der Waals surface area contributed by atoms with Crippen molar-refractivity contribution >= 4 is 16.6 Å². The standard InChI is InChI=1S/C17H14N2O2/c20-15(10-13-6-2-1-3-7-13)12-19-17(21)16-9-5-4-8-14(16)11-18-19/h1-9,11H,10,12H2. The molecule has 2 aromatic carbocycles. The first-order chi connectivity index (χ1) is 10.2. The molecule has 104 valence electrons. The van der Waals surface area contributed by atoms with Crippen molar-refractivity contribution in [1.82, 2.24) is 9.78 Å². The fraction of sp³-hybridized carbons (Fsp3) is 0.118. The van der Waals surface area contributed by atoms with Gasteiger partial charge in [-0.3, -0.25) is 9.59 Å². The van der Waals surface area contributed by atoms with E-state index >= 15 is 0 Å². The molecule has 0 N–H and O–H groups in total. The average molecular weight is 278 g/mol. The molecule has 0 aliphatic rings. The predicted molar refractivity (Wildman–Crippen MR) is 81.2 cm³/mol. The van der Waals surface area contributed by atoms with E-state index in [0.717, 1.165) is 10.9 Å². The Labute approximate surface area is 121 Å². The van der Waals surface area contributed by atoms with E-state index < -0.39 is 0 Å². The van der Waals surface area contributed by atoms with E-state index in [1.54, 1.807) is 18.3 Å². The molecule has 1 heterocycles. The Morgan fingerprint density at radius 2 is 1.71 bits per heavy atom. The highest BCUT2D eigenvalue weighted by molar-refractivity contribution is 5.82. The second kappa shape index (κ2) is 5.71. The van der Waals surface area contributed by atoms with Crippen LogP contribution < -0.4 is 5.56 Å². The first kappa shape index (κ1) is 13.2. The molecular formula is C17H14N2O2. The topological polar surface area (TPSA) is 52.0 Å². The van der Waals surface area contributed by atoms with Gasteiger partial charge < -0.3 is 0 Å². The van der Waals surface area contributed by atoms with Crippen LogP contribution in [-0.2, 0) is 17.8 Å². The summed E-state index contributed by atoms with van der Waals surface area (Å²) in [7, 11) is 0. The van der Waals surface area contributed by atoms with Gasteiger partial charge in [-0.05, 0) is 11.6 Å². The monoisotopic (exact) mass is 278 g/mol. The summed E-state index contributed by atoms with van der Waals surface area (Å²) >= 11 is 0. The van der Waals surface area contributed by atoms with Crippen molar-refractivity contribution in [2.24, 2.45) is 0 Å². The van der Waals surface area contributed by atoms with Crippen LogP contribution in [0.15, 0.2) is 65.6 Å². The molecule has 0 aliphatic carbocycles. The highest BCUT2D eigenvalue weighted by atomic mass is 16.1. The Balaban J connectivity index is 1.83. The lowest BCUT2D eigenvalue weighted by Crippen LogP contribution is -2.27. The Bertz CT molecular complexity index is 838. The van der Waals surface area contributed by atoms with Gasteiger partial charge in [0.1, 0.15) is 6.54 Å². The summed E-state index contributed by atoms with van der Waals surface area (Å²) < 4.78 is 1.23. The maximum atomic E-state index is 12.3. The molecule has 3 aromatic rings. The van der Waals surface area contributed by atoms with Crippen LogP contribution in [0.4, 0.5) is 0 Å². The van der Waals surface area contributed by atoms with Crippen LogP contribution in [0.5, 0.6) is 0 Å². The summed E-state index contributed by atoms with van der Waals surface area (Å²) in [6, 6.07) is 16.7. The number of ketones is 1. The molecule has 0 saturated carbocycles. The molecular weight excluding hydrogens is 264 g/mol. The number of hydrogen-bond acceptors (Lipinski definition) is 3. The summed E-state index contributed by atoms with van der Waals surface area (Å²) in [5, 5.41) is 5.44. The van der Waals surface area contributed by atoms with Crippen molar-refractivity contribution in [1.29, 1.82) is 0 Å². The van der Waals surface area contributed by atoms with Gasteiger partial charge in [-0.25, -0.2) is 4.68 Å². The number of carbonyl (C=O) groups excluding carboxylic acids is 1. The van der Waals surface area contributed by atoms with Gasteiger partial charge in [0.2, 0.25) is 0 Å². The van der Waals surface area contributed by atoms with E-state index in [1.165, 1.54) is 4.68 Å². The average Bonchev–Trinajstić information content (AvgIpc) is 2.51. The lowest BCUT2D eigenvalue weighted by Gasteiger charge is -2.05. The van der Waals surface area contributed by atoms with Crippen LogP contribution in [-0.4, -0.2) is 15.6 Å². The summed E-state index contributed by atoms with van der Waals surface area (Å²) in [5.41, 5.74) is 0.714. The van der Waals surface area contributed by atoms with Gasteiger partial charge >= 0.3 is 0 Å². The number of fused-ring (bicyclic) bond motifs is 1. The molecule has 3 rings (SSSR count). The number of hydrogen-bond donors (Lipinski definition) is 0. The van der Waals surface area contributed by atoms with Gasteiger partial charge in [-0.15, -0.1) is 0 Å². The number of benzene rings is 2. The summed E-state index contributed by atoms with van der Waals surface area (Å²) in [6.07, 6.45) is 1.92. The van der Waals surface area contributed by atoms with Crippen molar-refractivity contribution in [2.75, 3.05) is 0 Å². The smallest absolute Gasteiger partial charge is 0.275 e. The maximum absolute atomic E-state index is 12.3. The number of aromatic nitrogens is 2. The SMILES string of the molecule is O=C(Cc1ccccc1)Cn1ncc2ccccc2c1=O. The van der Waals surface area contributed by atoms with E-state index in [-0.39, 0.29) is 17.9 Å². The number of nitrogens with zero attached hydrogens (tertiary/aromatic N) is 2. The molecule has 0 radical (unpaired) electrons. The molecule has 0 fully saturated rings. The van der Waals surface area contributed by atoms with Gasteiger partial charge in [-0.1, -0.05) is 48.5 Å². The van der Waals surface area contributed by atoms with Crippen molar-refractivity contribution in [3.8, 4) is 0 Å². The third-order valence-corrected chi connectivity index (χ3v) is 3.33. The van der Waals surface area contributed by atoms with Gasteiger partial charge in [0, 0.05) is 11.8 Å². The van der Waals surface area contributed by atoms with Crippen molar-refractivity contribution < 1.29 is 4.79 Å². The second-order valence-electron chi connectivity index (χ2n) is 4.90. The summed E-state index contributed by atoms with van der Waals surface area (Å²) in [6.45, 7) is -0.00143. The van der Waals surface area contributed by atoms with Crippen LogP contribution in [0.3, 0.4) is 0 Å². The van der Waals surface area contributed by atoms with Crippen LogP contribution in [0.1, 0.15) is 5.56 Å². The lowest BCUT2D eigenvalue weighted by atomic mass is 10.1. The normalized spacial score (nSPS) is 10.7. The Kier molecular flexibility index (Phi) is 3.60. The first-order valence-electron chi connectivity index (χ1n) is 6.74. The highest BCUT2D eigenvalue weighted by Gasteiger charge is 2.09. The first-order valence-corrected chi connectivity index (χ1v) is 6.74. The van der Waals surface area contributed by atoms with Crippen molar-refractivity contribution in [3.63, 3.8) is 0 Å². The quantitative estimate of drug-likeness (QED) is 0.735. The molecule has 21 heavy (non-hydrogen) atoms. The minimum absolute atomic E-state index is 0.00143. The van der Waals surface area contributed by atoms with E-state index in [1.807, 2.05) is 42.5 Å². The molecule has 0 unspecified atom stereocenters. The summed E-state index contributed by atoms with van der Waals surface area (Å²) in [5.74, 6) is -0.0360. The van der Waals surface area contributed by atoms with Crippen LogP contribution in [0.25, 0.3) is 10.8 Å². The van der Waals surface area contributed by atoms with Gasteiger partial charge in [0.05, 0.1) is 11.6 Å². The zero-order valence-electron chi connectivity index (χ0n) is 11.4. The third kappa shape index (κ3) is 2.89. The van der Waals surface area contributed by atoms with Crippen molar-refractivity contribution in [3.05, 3.63) is 76.7 Å². The fourth-order valence-corrected chi connectivity index (χ4v) is 2.29. The zero-order chi connectivity index (χ0) is 14.7. The largest absolute Gasteiger partial charge is 0.297 e. The lowest BCUT2D eigenvalue weighted by molar-refractivity contribution is -0.119. The van der Waals surface area contributed by atoms with Crippen LogP contribution >= 0.6 is 0 Å². The minimum atomic E-state index is -0.227. The van der Waals surface area contributed by atoms with Gasteiger partial charge in [-0.2, -0.15) is 5.10 Å². The van der Waals surface area contributed by atoms with Gasteiger partial charge in [0.25, 0.3) is 5.56 Å². The molecule has 0 atom stereocenters. The van der Waals surface area contributed by atoms with Crippen molar-refractivity contribution in [2.45, 2.75) is 13.0 Å². The predicted octanol–water partition coefficient (Wildman–Crippen LogP) is 2.21. The van der Waals surface area contributed by atoms with E-state index in [9.17, 15) is 9.59 Å². The van der Waals surface area contributed by atoms with E-state index in [4.69, 9.17) is 0 Å². The molecule has 1 aromatic heterocycles. The molecule has 4 heteroatoms. The summed E-state index contributed by atoms with van der Waals surface area (Å²) in [4.78, 5) is 24.3.